The van der Waals surface area contributed by atoms with Gasteiger partial charge >= 0.3 is 7.60 Å². The fraction of sp³-hybridized carbons (Fsp3) is 0.500. The lowest BCUT2D eigenvalue weighted by Crippen LogP contribution is -2.19. The van der Waals surface area contributed by atoms with Gasteiger partial charge in [0.15, 0.2) is 5.52 Å². The summed E-state index contributed by atoms with van der Waals surface area (Å²) >= 11 is 0. The standard InChI is InChI=1S/C8H13N6O5P/c1-4(19-3-20(16,17)18)2-14-12-5-6(13-14)10-8(9)11-7(5)15/h4H,2-3H2,1H3,(H2,16,17,18)(H3,9,10,11,13,15)/t4-/m0/s1. The van der Waals surface area contributed by atoms with Crippen LogP contribution in [0.3, 0.4) is 0 Å². The number of aromatic nitrogens is 5. The van der Waals surface area contributed by atoms with Gasteiger partial charge in [0.2, 0.25) is 11.6 Å². The van der Waals surface area contributed by atoms with E-state index in [1.807, 2.05) is 0 Å². The topological polar surface area (TPSA) is 169 Å². The van der Waals surface area contributed by atoms with Gasteiger partial charge in [0.25, 0.3) is 5.56 Å². The molecule has 2 aromatic heterocycles. The van der Waals surface area contributed by atoms with Crippen molar-refractivity contribution in [3.8, 4) is 0 Å². The van der Waals surface area contributed by atoms with Crippen LogP contribution in [0.15, 0.2) is 4.79 Å². The van der Waals surface area contributed by atoms with Crippen molar-refractivity contribution in [2.45, 2.75) is 19.6 Å². The quantitative estimate of drug-likeness (QED) is 0.487. The predicted molar refractivity (Wildman–Crippen MR) is 67.8 cm³/mol. The molecule has 11 nitrogen and oxygen atoms in total. The van der Waals surface area contributed by atoms with Crippen LogP contribution in [0.2, 0.25) is 0 Å². The van der Waals surface area contributed by atoms with E-state index in [2.05, 4.69) is 20.2 Å². The van der Waals surface area contributed by atoms with E-state index in [-0.39, 0.29) is 23.7 Å². The van der Waals surface area contributed by atoms with Crippen molar-refractivity contribution in [1.82, 2.24) is 25.0 Å². The van der Waals surface area contributed by atoms with E-state index in [1.165, 1.54) is 0 Å². The number of rotatable bonds is 5. The zero-order valence-electron chi connectivity index (χ0n) is 10.4. The maximum absolute atomic E-state index is 11.5. The molecule has 110 valence electrons. The van der Waals surface area contributed by atoms with E-state index in [4.69, 9.17) is 20.3 Å². The Morgan fingerprint density at radius 1 is 1.50 bits per heavy atom. The molecule has 1 atom stereocenters. The minimum atomic E-state index is -4.22. The van der Waals surface area contributed by atoms with Gasteiger partial charge in [-0.2, -0.15) is 9.78 Å². The number of anilines is 1. The number of nitrogen functional groups attached to an aromatic ring is 1. The summed E-state index contributed by atoms with van der Waals surface area (Å²) in [5.74, 6) is -0.0691. The summed E-state index contributed by atoms with van der Waals surface area (Å²) in [6.07, 6.45) is -1.25. The van der Waals surface area contributed by atoms with Gasteiger partial charge in [-0.15, -0.1) is 10.2 Å². The zero-order chi connectivity index (χ0) is 14.9. The van der Waals surface area contributed by atoms with Gasteiger partial charge in [-0.3, -0.25) is 14.3 Å². The molecule has 0 fully saturated rings. The second kappa shape index (κ2) is 5.29. The Bertz CT molecular complexity index is 720. The summed E-state index contributed by atoms with van der Waals surface area (Å²) in [6, 6.07) is 0. The molecular formula is C8H13N6O5P. The Morgan fingerprint density at radius 3 is 2.85 bits per heavy atom. The van der Waals surface area contributed by atoms with E-state index in [1.54, 1.807) is 6.92 Å². The number of aromatic amines is 1. The van der Waals surface area contributed by atoms with Gasteiger partial charge in [0.1, 0.15) is 6.35 Å². The van der Waals surface area contributed by atoms with E-state index in [9.17, 15) is 9.36 Å². The van der Waals surface area contributed by atoms with Crippen LogP contribution in [0.25, 0.3) is 11.2 Å². The molecule has 2 aromatic rings. The molecule has 2 heterocycles. The first-order valence-electron chi connectivity index (χ1n) is 5.51. The fourth-order valence-electron chi connectivity index (χ4n) is 1.47. The third-order valence-electron chi connectivity index (χ3n) is 2.27. The highest BCUT2D eigenvalue weighted by Gasteiger charge is 2.17. The molecule has 0 amide bonds. The average molecular weight is 304 g/mol. The van der Waals surface area contributed by atoms with Crippen LogP contribution in [-0.4, -0.2) is 47.2 Å². The van der Waals surface area contributed by atoms with Gasteiger partial charge in [-0.05, 0) is 6.92 Å². The lowest BCUT2D eigenvalue weighted by atomic mass is 10.4. The van der Waals surface area contributed by atoms with E-state index < -0.39 is 25.6 Å². The average Bonchev–Trinajstić information content (AvgIpc) is 2.68. The third-order valence-corrected chi connectivity index (χ3v) is 2.75. The maximum atomic E-state index is 11.5. The van der Waals surface area contributed by atoms with Crippen molar-refractivity contribution >= 4 is 24.7 Å². The SMILES string of the molecule is C[C@@H](Cn1nc2nc(N)[nH]c(=O)c2n1)OCP(=O)(O)O. The molecule has 0 aromatic carbocycles. The van der Waals surface area contributed by atoms with Crippen LogP contribution >= 0.6 is 7.60 Å². The number of ether oxygens (including phenoxy) is 1. The second-order valence-electron chi connectivity index (χ2n) is 4.15. The Morgan fingerprint density at radius 2 is 2.20 bits per heavy atom. The van der Waals surface area contributed by atoms with Crippen molar-refractivity contribution in [3.63, 3.8) is 0 Å². The maximum Gasteiger partial charge on any atom is 0.350 e. The van der Waals surface area contributed by atoms with Crippen molar-refractivity contribution < 1.29 is 19.1 Å². The molecule has 0 spiro atoms. The second-order valence-corrected chi connectivity index (χ2v) is 5.74. The van der Waals surface area contributed by atoms with Crippen LogP contribution in [-0.2, 0) is 15.8 Å². The first-order valence-corrected chi connectivity index (χ1v) is 7.31. The normalized spacial score (nSPS) is 13.8. The highest BCUT2D eigenvalue weighted by Crippen LogP contribution is 2.34. The van der Waals surface area contributed by atoms with Crippen molar-refractivity contribution in [1.29, 1.82) is 0 Å². The summed E-state index contributed by atoms with van der Waals surface area (Å²) in [5.41, 5.74) is 4.98. The molecule has 0 unspecified atom stereocenters. The van der Waals surface area contributed by atoms with E-state index in [0.717, 1.165) is 4.80 Å². The monoisotopic (exact) mass is 304 g/mol. The number of hydrogen-bond donors (Lipinski definition) is 4. The van der Waals surface area contributed by atoms with Crippen LogP contribution in [0.5, 0.6) is 0 Å². The Balaban J connectivity index is 2.12. The minimum Gasteiger partial charge on any atom is -0.369 e. The van der Waals surface area contributed by atoms with E-state index >= 15 is 0 Å². The van der Waals surface area contributed by atoms with Gasteiger partial charge in [0.05, 0.1) is 12.6 Å². The Labute approximate surface area is 111 Å². The lowest BCUT2D eigenvalue weighted by molar-refractivity contribution is 0.0700. The van der Waals surface area contributed by atoms with Gasteiger partial charge in [0, 0.05) is 0 Å². The molecule has 0 bridgehead atoms. The zero-order valence-corrected chi connectivity index (χ0v) is 11.3. The van der Waals surface area contributed by atoms with Crippen LogP contribution < -0.4 is 11.3 Å². The highest BCUT2D eigenvalue weighted by atomic mass is 31.2. The van der Waals surface area contributed by atoms with E-state index in [0.29, 0.717) is 0 Å². The number of nitrogens with one attached hydrogen (secondary N) is 1. The summed E-state index contributed by atoms with van der Waals surface area (Å²) in [7, 11) is -4.22. The summed E-state index contributed by atoms with van der Waals surface area (Å²) in [5, 5.41) is 7.85. The largest absolute Gasteiger partial charge is 0.369 e. The number of fused-ring (bicyclic) bond motifs is 1. The molecule has 5 N–H and O–H groups in total. The molecule has 20 heavy (non-hydrogen) atoms. The number of nitrogens with zero attached hydrogens (tertiary/aromatic N) is 4. The number of hydrogen-bond acceptors (Lipinski definition) is 7. The number of nitrogens with two attached hydrogens (primary N) is 1. The van der Waals surface area contributed by atoms with Crippen molar-refractivity contribution in [3.05, 3.63) is 10.4 Å². The minimum absolute atomic E-state index is 0.0291. The first-order chi connectivity index (χ1) is 9.24. The Hall–Kier alpha value is -1.81. The molecule has 0 radical (unpaired) electrons. The molecule has 12 heteroatoms. The van der Waals surface area contributed by atoms with Gasteiger partial charge < -0.3 is 20.3 Å². The lowest BCUT2D eigenvalue weighted by Gasteiger charge is -2.12. The molecule has 0 aliphatic carbocycles. The van der Waals surface area contributed by atoms with Crippen LogP contribution in [0, 0.1) is 0 Å². The van der Waals surface area contributed by atoms with Crippen molar-refractivity contribution in [2.24, 2.45) is 0 Å². The van der Waals surface area contributed by atoms with Crippen molar-refractivity contribution in [2.75, 3.05) is 12.1 Å². The third kappa shape index (κ3) is 3.61. The highest BCUT2D eigenvalue weighted by molar-refractivity contribution is 7.51. The van der Waals surface area contributed by atoms with Crippen LogP contribution in [0.1, 0.15) is 6.92 Å². The summed E-state index contributed by atoms with van der Waals surface area (Å²) < 4.78 is 15.6. The molecule has 0 saturated carbocycles. The summed E-state index contributed by atoms with van der Waals surface area (Å²) in [6.45, 7) is 1.70. The first kappa shape index (κ1) is 14.6. The Kier molecular flexibility index (Phi) is 3.86. The molecule has 2 rings (SSSR count). The van der Waals surface area contributed by atoms with Gasteiger partial charge in [-0.25, -0.2) is 0 Å². The predicted octanol–water partition coefficient (Wildman–Crippen LogP) is -1.36. The molecule has 0 aliphatic rings. The molecule has 0 aliphatic heterocycles. The molecule has 0 saturated heterocycles. The van der Waals surface area contributed by atoms with Gasteiger partial charge in [-0.1, -0.05) is 0 Å². The van der Waals surface area contributed by atoms with Crippen LogP contribution in [0.4, 0.5) is 5.95 Å². The smallest absolute Gasteiger partial charge is 0.350 e. The summed E-state index contributed by atoms with van der Waals surface area (Å²) in [4.78, 5) is 36.2. The fourth-order valence-corrected chi connectivity index (χ4v) is 1.92. The number of H-pyrrole nitrogens is 1. The molecular weight excluding hydrogens is 291 g/mol.